The van der Waals surface area contributed by atoms with Crippen LogP contribution in [0.2, 0.25) is 0 Å². The maximum absolute atomic E-state index is 6.12. The SMILES string of the molecule is Cc1cnn(-c2ccc3c(c2)CCCC3N)c1. The van der Waals surface area contributed by atoms with Crippen LogP contribution in [0.15, 0.2) is 30.6 Å². The first-order valence-electron chi connectivity index (χ1n) is 6.14. The van der Waals surface area contributed by atoms with Crippen LogP contribution in [0.5, 0.6) is 0 Å². The van der Waals surface area contributed by atoms with Crippen molar-refractivity contribution in [1.29, 1.82) is 0 Å². The van der Waals surface area contributed by atoms with E-state index in [1.54, 1.807) is 0 Å². The van der Waals surface area contributed by atoms with Crippen LogP contribution < -0.4 is 5.73 Å². The molecule has 2 N–H and O–H groups in total. The lowest BCUT2D eigenvalue weighted by molar-refractivity contribution is 0.570. The van der Waals surface area contributed by atoms with Gasteiger partial charge in [0.2, 0.25) is 0 Å². The summed E-state index contributed by atoms with van der Waals surface area (Å²) in [5, 5.41) is 4.34. The van der Waals surface area contributed by atoms with Crippen LogP contribution in [-0.4, -0.2) is 9.78 Å². The topological polar surface area (TPSA) is 43.8 Å². The van der Waals surface area contributed by atoms with Crippen LogP contribution >= 0.6 is 0 Å². The highest BCUT2D eigenvalue weighted by molar-refractivity contribution is 5.42. The van der Waals surface area contributed by atoms with Gasteiger partial charge in [0.25, 0.3) is 0 Å². The quantitative estimate of drug-likeness (QED) is 0.813. The Bertz CT molecular complexity index is 542. The van der Waals surface area contributed by atoms with Gasteiger partial charge in [0.1, 0.15) is 0 Å². The molecule has 1 atom stereocenters. The van der Waals surface area contributed by atoms with Crippen molar-refractivity contribution in [3.8, 4) is 5.69 Å². The highest BCUT2D eigenvalue weighted by Gasteiger charge is 2.17. The lowest BCUT2D eigenvalue weighted by Gasteiger charge is -2.22. The summed E-state index contributed by atoms with van der Waals surface area (Å²) >= 11 is 0. The number of rotatable bonds is 1. The largest absolute Gasteiger partial charge is 0.324 e. The average molecular weight is 227 g/mol. The van der Waals surface area contributed by atoms with Crippen LogP contribution in [0.1, 0.15) is 35.6 Å². The second-order valence-corrected chi connectivity index (χ2v) is 4.84. The first kappa shape index (κ1) is 10.5. The standard InChI is InChI=1S/C14H17N3/c1-10-8-16-17(9-10)12-5-6-13-11(7-12)3-2-4-14(13)15/h5-9,14H,2-4,15H2,1H3. The van der Waals surface area contributed by atoms with Crippen LogP contribution in [0.3, 0.4) is 0 Å². The van der Waals surface area contributed by atoms with Gasteiger partial charge in [-0.3, -0.25) is 0 Å². The molecule has 1 aromatic heterocycles. The minimum atomic E-state index is 0.215. The molecule has 2 aromatic rings. The van der Waals surface area contributed by atoms with E-state index in [4.69, 9.17) is 5.73 Å². The summed E-state index contributed by atoms with van der Waals surface area (Å²) in [6.07, 6.45) is 7.36. The molecule has 0 spiro atoms. The first-order chi connectivity index (χ1) is 8.24. The van der Waals surface area contributed by atoms with Crippen LogP contribution in [0.25, 0.3) is 5.69 Å². The summed E-state index contributed by atoms with van der Waals surface area (Å²) in [5.41, 5.74) is 11.1. The number of aryl methyl sites for hydroxylation is 2. The van der Waals surface area contributed by atoms with Gasteiger partial charge in [-0.25, -0.2) is 4.68 Å². The maximum Gasteiger partial charge on any atom is 0.0648 e. The van der Waals surface area contributed by atoms with E-state index in [0.29, 0.717) is 0 Å². The summed E-state index contributed by atoms with van der Waals surface area (Å²) < 4.78 is 1.93. The molecule has 3 nitrogen and oxygen atoms in total. The van der Waals surface area contributed by atoms with Gasteiger partial charge in [0.15, 0.2) is 0 Å². The fraction of sp³-hybridized carbons (Fsp3) is 0.357. The number of fused-ring (bicyclic) bond motifs is 1. The summed E-state index contributed by atoms with van der Waals surface area (Å²) in [6, 6.07) is 6.70. The normalized spacial score (nSPS) is 19.1. The summed E-state index contributed by atoms with van der Waals surface area (Å²) in [6.45, 7) is 2.05. The molecule has 3 rings (SSSR count). The van der Waals surface area contributed by atoms with Crippen molar-refractivity contribution in [2.75, 3.05) is 0 Å². The summed E-state index contributed by atoms with van der Waals surface area (Å²) in [5.74, 6) is 0. The molecule has 0 bridgehead atoms. The van der Waals surface area contributed by atoms with Gasteiger partial charge in [0.05, 0.1) is 11.9 Å². The molecule has 1 heterocycles. The van der Waals surface area contributed by atoms with Crippen molar-refractivity contribution >= 4 is 0 Å². The number of nitrogens with zero attached hydrogens (tertiary/aromatic N) is 2. The number of benzene rings is 1. The Morgan fingerprint density at radius 3 is 3.06 bits per heavy atom. The average Bonchev–Trinajstić information content (AvgIpc) is 2.76. The van der Waals surface area contributed by atoms with E-state index in [1.807, 2.05) is 17.1 Å². The van der Waals surface area contributed by atoms with Gasteiger partial charge in [-0.15, -0.1) is 0 Å². The van der Waals surface area contributed by atoms with Gasteiger partial charge in [0, 0.05) is 12.2 Å². The second kappa shape index (κ2) is 4.00. The lowest BCUT2D eigenvalue weighted by atomic mass is 9.88. The molecular weight excluding hydrogens is 210 g/mol. The summed E-state index contributed by atoms with van der Waals surface area (Å²) in [7, 11) is 0. The van der Waals surface area contributed by atoms with Crippen molar-refractivity contribution in [1.82, 2.24) is 9.78 Å². The molecular formula is C14H17N3. The Labute approximate surface area is 101 Å². The van der Waals surface area contributed by atoms with Gasteiger partial charge < -0.3 is 5.73 Å². The molecule has 0 fully saturated rings. The second-order valence-electron chi connectivity index (χ2n) is 4.84. The van der Waals surface area contributed by atoms with Crippen LogP contribution in [-0.2, 0) is 6.42 Å². The monoisotopic (exact) mass is 227 g/mol. The fourth-order valence-electron chi connectivity index (χ4n) is 2.53. The summed E-state index contributed by atoms with van der Waals surface area (Å²) in [4.78, 5) is 0. The number of hydrogen-bond acceptors (Lipinski definition) is 2. The van der Waals surface area contributed by atoms with Crippen LogP contribution in [0, 0.1) is 6.92 Å². The highest BCUT2D eigenvalue weighted by Crippen LogP contribution is 2.29. The minimum absolute atomic E-state index is 0.215. The van der Waals surface area contributed by atoms with E-state index >= 15 is 0 Å². The van der Waals surface area contributed by atoms with E-state index < -0.39 is 0 Å². The number of nitrogens with two attached hydrogens (primary N) is 1. The molecule has 17 heavy (non-hydrogen) atoms. The van der Waals surface area contributed by atoms with E-state index in [9.17, 15) is 0 Å². The van der Waals surface area contributed by atoms with Crippen molar-refractivity contribution in [3.05, 3.63) is 47.3 Å². The van der Waals surface area contributed by atoms with E-state index in [2.05, 4.69) is 30.2 Å². The molecule has 1 aliphatic rings. The molecule has 0 saturated carbocycles. The zero-order valence-electron chi connectivity index (χ0n) is 10.1. The Morgan fingerprint density at radius 1 is 1.41 bits per heavy atom. The fourth-order valence-corrected chi connectivity index (χ4v) is 2.53. The van der Waals surface area contributed by atoms with E-state index in [-0.39, 0.29) is 6.04 Å². The smallest absolute Gasteiger partial charge is 0.0648 e. The van der Waals surface area contributed by atoms with Gasteiger partial charge in [-0.1, -0.05) is 6.07 Å². The van der Waals surface area contributed by atoms with Gasteiger partial charge in [-0.2, -0.15) is 5.10 Å². The molecule has 1 aliphatic carbocycles. The molecule has 88 valence electrons. The molecule has 1 aromatic carbocycles. The zero-order chi connectivity index (χ0) is 11.8. The number of aromatic nitrogens is 2. The molecule has 3 heteroatoms. The first-order valence-corrected chi connectivity index (χ1v) is 6.14. The Hall–Kier alpha value is -1.61. The zero-order valence-corrected chi connectivity index (χ0v) is 10.1. The minimum Gasteiger partial charge on any atom is -0.324 e. The molecule has 0 amide bonds. The van der Waals surface area contributed by atoms with Crippen molar-refractivity contribution in [2.24, 2.45) is 5.73 Å². The maximum atomic E-state index is 6.12. The third-order valence-electron chi connectivity index (χ3n) is 3.46. The molecule has 0 radical (unpaired) electrons. The van der Waals surface area contributed by atoms with Crippen LogP contribution in [0.4, 0.5) is 0 Å². The van der Waals surface area contributed by atoms with Crippen molar-refractivity contribution in [2.45, 2.75) is 32.2 Å². The number of hydrogen-bond donors (Lipinski definition) is 1. The third-order valence-corrected chi connectivity index (χ3v) is 3.46. The lowest BCUT2D eigenvalue weighted by Crippen LogP contribution is -2.17. The molecule has 1 unspecified atom stereocenters. The van der Waals surface area contributed by atoms with Gasteiger partial charge >= 0.3 is 0 Å². The highest BCUT2D eigenvalue weighted by atomic mass is 15.3. The third kappa shape index (κ3) is 1.87. The van der Waals surface area contributed by atoms with E-state index in [1.165, 1.54) is 23.1 Å². The predicted octanol–water partition coefficient (Wildman–Crippen LogP) is 2.52. The predicted molar refractivity (Wildman–Crippen MR) is 68.2 cm³/mol. The van der Waals surface area contributed by atoms with Gasteiger partial charge in [-0.05, 0) is 55.0 Å². The van der Waals surface area contributed by atoms with E-state index in [0.717, 1.165) is 18.5 Å². The van der Waals surface area contributed by atoms with Crippen molar-refractivity contribution < 1.29 is 0 Å². The Morgan fingerprint density at radius 2 is 2.29 bits per heavy atom. The Balaban J connectivity index is 2.03. The van der Waals surface area contributed by atoms with Crippen molar-refractivity contribution in [3.63, 3.8) is 0 Å². The molecule has 0 saturated heterocycles. The Kier molecular flexibility index (Phi) is 2.48. The molecule has 0 aliphatic heterocycles.